The first-order valence-corrected chi connectivity index (χ1v) is 12.6. The number of aromatic amines is 1. The van der Waals surface area contributed by atoms with E-state index in [2.05, 4.69) is 88.3 Å². The summed E-state index contributed by atoms with van der Waals surface area (Å²) in [5.74, 6) is 0. The van der Waals surface area contributed by atoms with Gasteiger partial charge in [0.15, 0.2) is 0 Å². The van der Waals surface area contributed by atoms with Crippen LogP contribution in [-0.4, -0.2) is 21.1 Å². The smallest absolute Gasteiger partial charge is 0.249 e. The van der Waals surface area contributed by atoms with Crippen LogP contribution < -0.4 is 10.9 Å². The van der Waals surface area contributed by atoms with Crippen LogP contribution in [0.4, 0.5) is 0 Å². The highest BCUT2D eigenvalue weighted by atomic mass is 16.1. The molecule has 36 heavy (non-hydrogen) atoms. The minimum atomic E-state index is -0.0923. The molecule has 0 aliphatic heterocycles. The number of fused-ring (bicyclic) bond motifs is 1. The largest absolute Gasteiger partial charge is 0.328 e. The molecule has 0 aliphatic carbocycles. The first-order valence-electron chi connectivity index (χ1n) is 12.6. The van der Waals surface area contributed by atoms with E-state index in [1.807, 2.05) is 30.7 Å². The molecule has 2 heterocycles. The van der Waals surface area contributed by atoms with Gasteiger partial charge in [-0.05, 0) is 54.3 Å². The molecule has 0 saturated heterocycles. The maximum atomic E-state index is 12.5. The number of rotatable bonds is 9. The molecular formula is C31H32N4O. The Morgan fingerprint density at radius 3 is 2.67 bits per heavy atom. The summed E-state index contributed by atoms with van der Waals surface area (Å²) in [7, 11) is 0. The average Bonchev–Trinajstić information content (AvgIpc) is 3.34. The van der Waals surface area contributed by atoms with Crippen LogP contribution in [0.15, 0.2) is 96.2 Å². The summed E-state index contributed by atoms with van der Waals surface area (Å²) in [6.45, 7) is 5.95. The van der Waals surface area contributed by atoms with Gasteiger partial charge in [-0.25, -0.2) is 4.98 Å². The Bertz CT molecular complexity index is 1520. The molecule has 1 atom stereocenters. The van der Waals surface area contributed by atoms with Crippen LogP contribution in [0.1, 0.15) is 48.2 Å². The van der Waals surface area contributed by atoms with E-state index in [-0.39, 0.29) is 11.6 Å². The molecule has 0 saturated carbocycles. The number of hydrogen-bond donors (Lipinski definition) is 2. The van der Waals surface area contributed by atoms with Gasteiger partial charge in [-0.3, -0.25) is 4.79 Å². The van der Waals surface area contributed by atoms with E-state index in [1.54, 1.807) is 6.07 Å². The number of nitrogens with one attached hydrogen (secondary N) is 2. The second-order valence-corrected chi connectivity index (χ2v) is 9.39. The van der Waals surface area contributed by atoms with Gasteiger partial charge in [0.1, 0.15) is 0 Å². The van der Waals surface area contributed by atoms with Crippen molar-refractivity contribution in [1.29, 1.82) is 0 Å². The van der Waals surface area contributed by atoms with Gasteiger partial charge in [0.2, 0.25) is 5.56 Å². The van der Waals surface area contributed by atoms with Gasteiger partial charge in [-0.2, -0.15) is 0 Å². The van der Waals surface area contributed by atoms with Gasteiger partial charge >= 0.3 is 0 Å². The van der Waals surface area contributed by atoms with E-state index in [1.165, 1.54) is 11.1 Å². The van der Waals surface area contributed by atoms with Crippen LogP contribution in [0.5, 0.6) is 0 Å². The molecule has 5 heteroatoms. The minimum Gasteiger partial charge on any atom is -0.328 e. The number of aryl methyl sites for hydroxylation is 1. The highest BCUT2D eigenvalue weighted by Crippen LogP contribution is 2.31. The van der Waals surface area contributed by atoms with Crippen LogP contribution in [0.25, 0.3) is 22.0 Å². The van der Waals surface area contributed by atoms with E-state index in [0.717, 1.165) is 59.2 Å². The Hall–Kier alpha value is -3.96. The summed E-state index contributed by atoms with van der Waals surface area (Å²) < 4.78 is 2.22. The molecule has 0 spiro atoms. The normalized spacial score (nSPS) is 12.2. The summed E-state index contributed by atoms with van der Waals surface area (Å²) in [5.41, 5.74) is 7.42. The standard InChI is InChI=1S/C31H32N4O/c1-3-4-15-33-31(29-19-32-21-35(29)20-23-10-6-5-7-11-23)25-13-14-28-27(17-25)26(18-30(36)34-28)24-12-8-9-22(2)16-24/h5-14,16-19,21,31,33H,3-4,15,20H2,1-2H3,(H,34,36). The van der Waals surface area contributed by atoms with E-state index in [4.69, 9.17) is 0 Å². The lowest BCUT2D eigenvalue weighted by molar-refractivity contribution is 0.547. The molecule has 5 rings (SSSR count). The van der Waals surface area contributed by atoms with Crippen molar-refractivity contribution in [3.05, 3.63) is 124 Å². The minimum absolute atomic E-state index is 0.0237. The van der Waals surface area contributed by atoms with Gasteiger partial charge in [0.05, 0.1) is 24.3 Å². The maximum Gasteiger partial charge on any atom is 0.249 e. The van der Waals surface area contributed by atoms with Crippen molar-refractivity contribution in [2.45, 2.75) is 39.3 Å². The molecule has 0 amide bonds. The van der Waals surface area contributed by atoms with Crippen LogP contribution in [0, 0.1) is 6.92 Å². The topological polar surface area (TPSA) is 62.7 Å². The van der Waals surface area contributed by atoms with Crippen molar-refractivity contribution >= 4 is 10.9 Å². The fourth-order valence-corrected chi connectivity index (χ4v) is 4.80. The van der Waals surface area contributed by atoms with Crippen molar-refractivity contribution in [1.82, 2.24) is 19.9 Å². The molecule has 182 valence electrons. The zero-order valence-corrected chi connectivity index (χ0v) is 20.9. The number of pyridine rings is 1. The number of H-pyrrole nitrogens is 1. The molecule has 0 aliphatic rings. The predicted molar refractivity (Wildman–Crippen MR) is 147 cm³/mol. The third-order valence-electron chi connectivity index (χ3n) is 6.64. The SMILES string of the molecule is CCCCNC(c1ccc2[nH]c(=O)cc(-c3cccc(C)c3)c2c1)c1cncn1Cc1ccccc1. The first-order chi connectivity index (χ1) is 17.6. The van der Waals surface area contributed by atoms with Crippen molar-refractivity contribution < 1.29 is 0 Å². The Kier molecular flexibility index (Phi) is 7.10. The molecule has 5 nitrogen and oxygen atoms in total. The van der Waals surface area contributed by atoms with Crippen molar-refractivity contribution in [2.75, 3.05) is 6.54 Å². The summed E-state index contributed by atoms with van der Waals surface area (Å²) in [6, 6.07) is 26.8. The fraction of sp³-hybridized carbons (Fsp3) is 0.226. The first kappa shape index (κ1) is 23.8. The number of nitrogens with zero attached hydrogens (tertiary/aromatic N) is 2. The van der Waals surface area contributed by atoms with Crippen molar-refractivity contribution in [3.63, 3.8) is 0 Å². The van der Waals surface area contributed by atoms with Crippen molar-refractivity contribution in [2.24, 2.45) is 0 Å². The third kappa shape index (κ3) is 5.16. The number of aromatic nitrogens is 3. The molecule has 1 unspecified atom stereocenters. The summed E-state index contributed by atoms with van der Waals surface area (Å²) in [5, 5.41) is 4.81. The second-order valence-electron chi connectivity index (χ2n) is 9.39. The Morgan fingerprint density at radius 1 is 1.00 bits per heavy atom. The highest BCUT2D eigenvalue weighted by molar-refractivity contribution is 5.94. The molecule has 0 radical (unpaired) electrons. The molecular weight excluding hydrogens is 444 g/mol. The van der Waals surface area contributed by atoms with Gasteiger partial charge in [-0.1, -0.05) is 79.6 Å². The summed E-state index contributed by atoms with van der Waals surface area (Å²) in [6.07, 6.45) is 6.09. The number of hydrogen-bond acceptors (Lipinski definition) is 3. The maximum absolute atomic E-state index is 12.5. The van der Waals surface area contributed by atoms with Gasteiger partial charge in [-0.15, -0.1) is 0 Å². The van der Waals surface area contributed by atoms with E-state index < -0.39 is 0 Å². The van der Waals surface area contributed by atoms with Crippen molar-refractivity contribution in [3.8, 4) is 11.1 Å². The van der Waals surface area contributed by atoms with Crippen LogP contribution >= 0.6 is 0 Å². The zero-order chi connectivity index (χ0) is 24.9. The lowest BCUT2D eigenvalue weighted by Gasteiger charge is -2.22. The molecule has 3 aromatic carbocycles. The van der Waals surface area contributed by atoms with E-state index >= 15 is 0 Å². The predicted octanol–water partition coefficient (Wildman–Crippen LogP) is 6.23. The monoisotopic (exact) mass is 476 g/mol. The molecule has 0 bridgehead atoms. The highest BCUT2D eigenvalue weighted by Gasteiger charge is 2.19. The lowest BCUT2D eigenvalue weighted by atomic mass is 9.95. The van der Waals surface area contributed by atoms with Crippen LogP contribution in [-0.2, 0) is 6.54 Å². The molecule has 2 N–H and O–H groups in total. The number of unbranched alkanes of at least 4 members (excludes halogenated alkanes) is 1. The average molecular weight is 477 g/mol. The quantitative estimate of drug-likeness (QED) is 0.248. The van der Waals surface area contributed by atoms with Gasteiger partial charge in [0.25, 0.3) is 0 Å². The molecule has 5 aromatic rings. The summed E-state index contributed by atoms with van der Waals surface area (Å²) in [4.78, 5) is 20.0. The second kappa shape index (κ2) is 10.8. The number of benzene rings is 3. The lowest BCUT2D eigenvalue weighted by Crippen LogP contribution is -2.26. The fourth-order valence-electron chi connectivity index (χ4n) is 4.80. The Labute approximate surface area is 211 Å². The zero-order valence-electron chi connectivity index (χ0n) is 20.9. The third-order valence-corrected chi connectivity index (χ3v) is 6.64. The van der Waals surface area contributed by atoms with Crippen LogP contribution in [0.3, 0.4) is 0 Å². The molecule has 2 aromatic heterocycles. The molecule has 0 fully saturated rings. The van der Waals surface area contributed by atoms with E-state index in [0.29, 0.717) is 0 Å². The van der Waals surface area contributed by atoms with Gasteiger partial charge in [0, 0.05) is 23.5 Å². The Morgan fingerprint density at radius 2 is 1.86 bits per heavy atom. The van der Waals surface area contributed by atoms with Crippen LogP contribution in [0.2, 0.25) is 0 Å². The number of imidazole rings is 1. The van der Waals surface area contributed by atoms with Gasteiger partial charge < -0.3 is 14.9 Å². The Balaban J connectivity index is 1.60. The van der Waals surface area contributed by atoms with E-state index in [9.17, 15) is 4.79 Å². The summed E-state index contributed by atoms with van der Waals surface area (Å²) >= 11 is 0.